The van der Waals surface area contributed by atoms with E-state index >= 15 is 0 Å². The highest BCUT2D eigenvalue weighted by Crippen LogP contribution is 2.26. The highest BCUT2D eigenvalue weighted by Gasteiger charge is 2.25. The maximum absolute atomic E-state index is 14.6. The van der Waals surface area contributed by atoms with E-state index in [2.05, 4.69) is 15.1 Å². The maximum Gasteiger partial charge on any atom is 0.224 e. The van der Waals surface area contributed by atoms with Gasteiger partial charge >= 0.3 is 0 Å². The normalized spacial score (nSPS) is 18.0. The Morgan fingerprint density at radius 1 is 1.03 bits per heavy atom. The third-order valence-electron chi connectivity index (χ3n) is 6.96. The highest BCUT2D eigenvalue weighted by molar-refractivity contribution is 5.91. The van der Waals surface area contributed by atoms with Gasteiger partial charge in [-0.3, -0.25) is 9.50 Å². The first-order valence-corrected chi connectivity index (χ1v) is 12.2. The standard InChI is InChI=1S/C27H36FN3O.FH.H2/c1-21-7-9-22(10-8-21)25-12-11-23(20-26(25)28)29-27(32)6-5-15-30-18-13-24(14-19-30)31-16-3-2-4-17-31;;/h7-12,20,24H,2-6,13-19H2,1H3,(H,29,32);2*1H. The molecular formula is C27H39F2N3O. The van der Waals surface area contributed by atoms with Crippen LogP contribution in [0.5, 0.6) is 0 Å². The molecule has 4 nitrogen and oxygen atoms in total. The van der Waals surface area contributed by atoms with Crippen LogP contribution < -0.4 is 5.32 Å². The Hall–Kier alpha value is -2.31. The van der Waals surface area contributed by atoms with Gasteiger partial charge in [-0.2, -0.15) is 0 Å². The lowest BCUT2D eigenvalue weighted by molar-refractivity contribution is -0.116. The molecule has 0 aliphatic carbocycles. The lowest BCUT2D eigenvalue weighted by atomic mass is 10.00. The number of piperidine rings is 2. The van der Waals surface area contributed by atoms with Gasteiger partial charge in [-0.15, -0.1) is 0 Å². The summed E-state index contributed by atoms with van der Waals surface area (Å²) in [4.78, 5) is 17.5. The van der Waals surface area contributed by atoms with Gasteiger partial charge < -0.3 is 15.1 Å². The van der Waals surface area contributed by atoms with Gasteiger partial charge in [0.25, 0.3) is 0 Å². The topological polar surface area (TPSA) is 35.6 Å². The third-order valence-corrected chi connectivity index (χ3v) is 6.96. The number of nitrogens with one attached hydrogen (secondary N) is 1. The summed E-state index contributed by atoms with van der Waals surface area (Å²) < 4.78 is 14.6. The van der Waals surface area contributed by atoms with Gasteiger partial charge in [0.2, 0.25) is 5.91 Å². The fourth-order valence-electron chi connectivity index (χ4n) is 5.04. The molecule has 0 unspecified atom stereocenters. The molecule has 2 aliphatic rings. The van der Waals surface area contributed by atoms with Crippen LogP contribution in [0, 0.1) is 12.7 Å². The van der Waals surface area contributed by atoms with E-state index in [-0.39, 0.29) is 17.9 Å². The molecule has 0 bridgehead atoms. The van der Waals surface area contributed by atoms with E-state index in [1.165, 1.54) is 51.3 Å². The Morgan fingerprint density at radius 2 is 1.73 bits per heavy atom. The molecule has 2 fully saturated rings. The minimum Gasteiger partial charge on any atom is -0.326 e. The lowest BCUT2D eigenvalue weighted by Crippen LogP contribution is -2.46. The molecule has 2 saturated heterocycles. The first-order valence-electron chi connectivity index (χ1n) is 12.2. The molecule has 1 amide bonds. The lowest BCUT2D eigenvalue weighted by Gasteiger charge is -2.40. The quantitative estimate of drug-likeness (QED) is 0.563. The summed E-state index contributed by atoms with van der Waals surface area (Å²) in [5, 5.41) is 2.85. The van der Waals surface area contributed by atoms with E-state index < -0.39 is 0 Å². The summed E-state index contributed by atoms with van der Waals surface area (Å²) in [7, 11) is 0. The van der Waals surface area contributed by atoms with Crippen LogP contribution >= 0.6 is 0 Å². The number of amides is 1. The number of nitrogens with zero attached hydrogens (tertiary/aromatic N) is 2. The predicted octanol–water partition coefficient (Wildman–Crippen LogP) is 5.87. The van der Waals surface area contributed by atoms with Crippen molar-refractivity contribution in [3.8, 4) is 11.1 Å². The van der Waals surface area contributed by atoms with Crippen LogP contribution in [0.3, 0.4) is 0 Å². The predicted molar refractivity (Wildman–Crippen MR) is 134 cm³/mol. The fraction of sp³-hybridized carbons (Fsp3) is 0.519. The number of rotatable bonds is 7. The zero-order chi connectivity index (χ0) is 22.3. The van der Waals surface area contributed by atoms with Crippen LogP contribution in [-0.2, 0) is 4.79 Å². The highest BCUT2D eigenvalue weighted by atomic mass is 19.1. The monoisotopic (exact) mass is 459 g/mol. The summed E-state index contributed by atoms with van der Waals surface area (Å²) in [6.07, 6.45) is 7.90. The maximum atomic E-state index is 14.6. The van der Waals surface area contributed by atoms with E-state index in [0.717, 1.165) is 43.2 Å². The number of halogens is 2. The van der Waals surface area contributed by atoms with Crippen LogP contribution in [0.2, 0.25) is 0 Å². The van der Waals surface area contributed by atoms with Crippen LogP contribution in [0.4, 0.5) is 14.8 Å². The molecule has 0 spiro atoms. The molecule has 2 aromatic rings. The Kier molecular flexibility index (Phi) is 9.39. The van der Waals surface area contributed by atoms with Crippen molar-refractivity contribution >= 4 is 11.6 Å². The van der Waals surface area contributed by atoms with Crippen LogP contribution in [-0.4, -0.2) is 54.5 Å². The molecule has 2 aromatic carbocycles. The second kappa shape index (κ2) is 12.2. The van der Waals surface area contributed by atoms with Crippen LogP contribution in [0.15, 0.2) is 42.5 Å². The van der Waals surface area contributed by atoms with Gasteiger partial charge in [-0.1, -0.05) is 36.2 Å². The summed E-state index contributed by atoms with van der Waals surface area (Å²) >= 11 is 0. The molecular weight excluding hydrogens is 420 g/mol. The number of carbonyl (C=O) groups is 1. The van der Waals surface area contributed by atoms with Crippen molar-refractivity contribution in [2.24, 2.45) is 0 Å². The average molecular weight is 460 g/mol. The third kappa shape index (κ3) is 7.08. The second-order valence-corrected chi connectivity index (χ2v) is 9.38. The SMILES string of the molecule is Cc1ccc(-c2ccc(NC(=O)CCCN3CCC(N4CCCCC4)CC3)cc2F)cc1.F.[HH]. The van der Waals surface area contributed by atoms with Crippen molar-refractivity contribution in [3.63, 3.8) is 0 Å². The van der Waals surface area contributed by atoms with Crippen molar-refractivity contribution in [2.45, 2.75) is 57.9 Å². The Balaban J connectivity index is 0.00000204. The summed E-state index contributed by atoms with van der Waals surface area (Å²) in [6.45, 7) is 7.79. The first-order chi connectivity index (χ1) is 15.6. The molecule has 0 aromatic heterocycles. The number of hydrogen-bond donors (Lipinski definition) is 1. The summed E-state index contributed by atoms with van der Waals surface area (Å²) in [5.74, 6) is -0.362. The molecule has 6 heteroatoms. The van der Waals surface area contributed by atoms with Crippen LogP contribution in [0.1, 0.15) is 51.9 Å². The summed E-state index contributed by atoms with van der Waals surface area (Å²) in [6, 6.07) is 13.5. The minimum absolute atomic E-state index is 0. The van der Waals surface area contributed by atoms with Gasteiger partial charge in [0, 0.05) is 25.1 Å². The Morgan fingerprint density at radius 3 is 2.39 bits per heavy atom. The van der Waals surface area contributed by atoms with E-state index in [4.69, 9.17) is 0 Å². The number of hydrogen-bond acceptors (Lipinski definition) is 3. The second-order valence-electron chi connectivity index (χ2n) is 9.38. The molecule has 1 N–H and O–H groups in total. The van der Waals surface area contributed by atoms with Crippen LogP contribution in [0.25, 0.3) is 11.1 Å². The Bertz CT molecular complexity index is 895. The number of aryl methyl sites for hydroxylation is 1. The van der Waals surface area contributed by atoms with E-state index in [9.17, 15) is 9.18 Å². The minimum atomic E-state index is -0.316. The zero-order valence-corrected chi connectivity index (χ0v) is 19.7. The average Bonchev–Trinajstić information content (AvgIpc) is 2.81. The van der Waals surface area contributed by atoms with E-state index in [1.807, 2.05) is 31.2 Å². The number of anilines is 1. The van der Waals surface area contributed by atoms with Gasteiger partial charge in [0.1, 0.15) is 5.82 Å². The van der Waals surface area contributed by atoms with Crippen molar-refractivity contribution in [3.05, 3.63) is 53.8 Å². The van der Waals surface area contributed by atoms with Gasteiger partial charge in [-0.25, -0.2) is 4.39 Å². The number of benzene rings is 2. The molecule has 0 saturated carbocycles. The fourth-order valence-corrected chi connectivity index (χ4v) is 5.04. The first kappa shape index (κ1) is 25.3. The molecule has 4 rings (SSSR count). The largest absolute Gasteiger partial charge is 0.326 e. The van der Waals surface area contributed by atoms with E-state index in [0.29, 0.717) is 17.7 Å². The van der Waals surface area contributed by atoms with Gasteiger partial charge in [0.15, 0.2) is 0 Å². The summed E-state index contributed by atoms with van der Waals surface area (Å²) in [5.41, 5.74) is 3.06. The van der Waals surface area contributed by atoms with Crippen molar-refractivity contribution in [2.75, 3.05) is 38.0 Å². The Labute approximate surface area is 198 Å². The molecule has 0 radical (unpaired) electrons. The van der Waals surface area contributed by atoms with Gasteiger partial charge in [0.05, 0.1) is 0 Å². The molecule has 2 aliphatic heterocycles. The zero-order valence-electron chi connectivity index (χ0n) is 19.7. The van der Waals surface area contributed by atoms with Gasteiger partial charge in [-0.05, 0) is 95.5 Å². The molecule has 0 atom stereocenters. The van der Waals surface area contributed by atoms with Crippen molar-refractivity contribution < 1.29 is 15.3 Å². The molecule has 182 valence electrons. The van der Waals surface area contributed by atoms with Crippen molar-refractivity contribution in [1.29, 1.82) is 0 Å². The molecule has 2 heterocycles. The van der Waals surface area contributed by atoms with E-state index in [1.54, 1.807) is 12.1 Å². The van der Waals surface area contributed by atoms with Crippen molar-refractivity contribution in [1.82, 2.24) is 9.80 Å². The molecule has 33 heavy (non-hydrogen) atoms. The number of likely N-dealkylation sites (tertiary alicyclic amines) is 2. The number of carbonyl (C=O) groups excluding carboxylic acids is 1. The smallest absolute Gasteiger partial charge is 0.224 e.